The lowest BCUT2D eigenvalue weighted by Crippen LogP contribution is -2.55. The predicted molar refractivity (Wildman–Crippen MR) is 118 cm³/mol. The van der Waals surface area contributed by atoms with Crippen LogP contribution >= 0.6 is 0 Å². The third kappa shape index (κ3) is 2.55. The Balaban J connectivity index is 1.27. The third-order valence-corrected chi connectivity index (χ3v) is 12.0. The van der Waals surface area contributed by atoms with Gasteiger partial charge in [0.2, 0.25) is 0 Å². The first kappa shape index (κ1) is 20.5. The Bertz CT molecular complexity index is 694. The summed E-state index contributed by atoms with van der Waals surface area (Å²) in [6.45, 7) is 10.4. The largest absolute Gasteiger partial charge is 0.393 e. The van der Waals surface area contributed by atoms with E-state index in [4.69, 9.17) is 9.47 Å². The minimum absolute atomic E-state index is 0.220. The summed E-state index contributed by atoms with van der Waals surface area (Å²) >= 11 is 0. The Morgan fingerprint density at radius 1 is 0.900 bits per heavy atom. The molecule has 0 bridgehead atoms. The van der Waals surface area contributed by atoms with Crippen LogP contribution in [0.25, 0.3) is 0 Å². The number of aliphatic hydroxyl groups is 1. The molecule has 2 saturated heterocycles. The van der Waals surface area contributed by atoms with Gasteiger partial charge < -0.3 is 14.6 Å². The fraction of sp³-hybridized carbons (Fsp3) is 1.00. The molecule has 12 atom stereocenters. The van der Waals surface area contributed by atoms with Crippen LogP contribution < -0.4 is 0 Å². The predicted octanol–water partition coefficient (Wildman–Crippen LogP) is 5.79. The summed E-state index contributed by atoms with van der Waals surface area (Å²) in [6.07, 6.45) is 13.6. The minimum atomic E-state index is -0.529. The van der Waals surface area contributed by atoms with E-state index >= 15 is 0 Å². The first-order valence-electron chi connectivity index (χ1n) is 13.3. The molecule has 0 unspecified atom stereocenters. The molecule has 0 aromatic rings. The second-order valence-corrected chi connectivity index (χ2v) is 13.0. The zero-order chi connectivity index (χ0) is 20.9. The van der Waals surface area contributed by atoms with Crippen molar-refractivity contribution in [3.05, 3.63) is 0 Å². The number of rotatable bonds is 0. The Labute approximate surface area is 183 Å². The van der Waals surface area contributed by atoms with E-state index < -0.39 is 5.79 Å². The van der Waals surface area contributed by atoms with Crippen molar-refractivity contribution in [3.63, 3.8) is 0 Å². The molecular weight excluding hydrogens is 372 g/mol. The summed E-state index contributed by atoms with van der Waals surface area (Å²) in [5.41, 5.74) is 1.00. The van der Waals surface area contributed by atoms with Gasteiger partial charge in [-0.1, -0.05) is 40.5 Å². The van der Waals surface area contributed by atoms with Gasteiger partial charge in [-0.05, 0) is 85.4 Å². The van der Waals surface area contributed by atoms with E-state index in [0.717, 1.165) is 23.7 Å². The fourth-order valence-corrected chi connectivity index (χ4v) is 10.3. The molecule has 1 spiro atoms. The molecule has 6 rings (SSSR count). The first-order valence-corrected chi connectivity index (χ1v) is 13.3. The molecule has 170 valence electrons. The lowest BCUT2D eigenvalue weighted by molar-refractivity contribution is -0.290. The molecule has 30 heavy (non-hydrogen) atoms. The van der Waals surface area contributed by atoms with Crippen LogP contribution in [0.3, 0.4) is 0 Å². The van der Waals surface area contributed by atoms with Crippen LogP contribution in [-0.2, 0) is 9.47 Å². The van der Waals surface area contributed by atoms with Gasteiger partial charge in [0, 0.05) is 18.3 Å². The topological polar surface area (TPSA) is 38.7 Å². The molecule has 1 N–H and O–H groups in total. The maximum absolute atomic E-state index is 10.6. The quantitative estimate of drug-likeness (QED) is 0.543. The van der Waals surface area contributed by atoms with Crippen molar-refractivity contribution in [1.29, 1.82) is 0 Å². The van der Waals surface area contributed by atoms with E-state index in [1.165, 1.54) is 57.8 Å². The Kier molecular flexibility index (Phi) is 4.58. The van der Waals surface area contributed by atoms with E-state index in [2.05, 4.69) is 27.7 Å². The SMILES string of the molecule is C[C@H]1CO[C@]2(C[C@@H]1O)O[C@H]1C[C@H]3[C@@H]4CC[C@H]5CCCC[C@]5(C)[C@H]4CC[C@]3(C)[C@H]1[C@@H]2C. The Morgan fingerprint density at radius 2 is 1.73 bits per heavy atom. The highest BCUT2D eigenvalue weighted by atomic mass is 16.7. The smallest absolute Gasteiger partial charge is 0.174 e. The van der Waals surface area contributed by atoms with Crippen molar-refractivity contribution in [3.8, 4) is 0 Å². The van der Waals surface area contributed by atoms with E-state index in [0.29, 0.717) is 41.8 Å². The highest BCUT2D eigenvalue weighted by molar-refractivity contribution is 5.15. The van der Waals surface area contributed by atoms with Crippen LogP contribution in [0.15, 0.2) is 0 Å². The van der Waals surface area contributed by atoms with Gasteiger partial charge in [0.05, 0.1) is 18.8 Å². The van der Waals surface area contributed by atoms with Gasteiger partial charge in [0.1, 0.15) is 0 Å². The van der Waals surface area contributed by atoms with Crippen LogP contribution in [-0.4, -0.2) is 29.7 Å². The van der Waals surface area contributed by atoms with Gasteiger partial charge in [-0.15, -0.1) is 0 Å². The van der Waals surface area contributed by atoms with Crippen LogP contribution in [0.1, 0.15) is 91.9 Å². The van der Waals surface area contributed by atoms with E-state index in [1.807, 2.05) is 0 Å². The zero-order valence-electron chi connectivity index (χ0n) is 19.7. The molecule has 2 heterocycles. The maximum atomic E-state index is 10.6. The third-order valence-electron chi connectivity index (χ3n) is 12.0. The van der Waals surface area contributed by atoms with Gasteiger partial charge in [0.25, 0.3) is 0 Å². The normalized spacial score (nSPS) is 62.5. The van der Waals surface area contributed by atoms with Gasteiger partial charge in [-0.25, -0.2) is 0 Å². The van der Waals surface area contributed by atoms with Crippen LogP contribution in [0, 0.1) is 52.3 Å². The van der Waals surface area contributed by atoms with Gasteiger partial charge in [-0.3, -0.25) is 0 Å². The maximum Gasteiger partial charge on any atom is 0.174 e. The zero-order valence-corrected chi connectivity index (χ0v) is 19.7. The van der Waals surface area contributed by atoms with Gasteiger partial charge in [0.15, 0.2) is 5.79 Å². The Morgan fingerprint density at radius 3 is 2.53 bits per heavy atom. The summed E-state index contributed by atoms with van der Waals surface area (Å²) in [7, 11) is 0. The molecule has 0 amide bonds. The van der Waals surface area contributed by atoms with E-state index in [1.54, 1.807) is 0 Å². The second-order valence-electron chi connectivity index (χ2n) is 13.0. The highest BCUT2D eigenvalue weighted by Crippen LogP contribution is 2.71. The summed E-state index contributed by atoms with van der Waals surface area (Å²) in [5, 5.41) is 10.6. The van der Waals surface area contributed by atoms with Crippen LogP contribution in [0.2, 0.25) is 0 Å². The first-order chi connectivity index (χ1) is 14.3. The van der Waals surface area contributed by atoms with Crippen LogP contribution in [0.4, 0.5) is 0 Å². The molecule has 6 fully saturated rings. The number of hydrogen-bond acceptors (Lipinski definition) is 3. The Hall–Kier alpha value is -0.120. The number of aliphatic hydroxyl groups excluding tert-OH is 1. The molecule has 2 aliphatic heterocycles. The van der Waals surface area contributed by atoms with E-state index in [-0.39, 0.29) is 12.0 Å². The van der Waals surface area contributed by atoms with Crippen molar-refractivity contribution in [2.75, 3.05) is 6.61 Å². The fourth-order valence-electron chi connectivity index (χ4n) is 10.3. The van der Waals surface area contributed by atoms with Gasteiger partial charge in [-0.2, -0.15) is 0 Å². The second kappa shape index (κ2) is 6.70. The van der Waals surface area contributed by atoms with Crippen molar-refractivity contribution < 1.29 is 14.6 Å². The van der Waals surface area contributed by atoms with Crippen molar-refractivity contribution in [2.24, 2.45) is 52.3 Å². The van der Waals surface area contributed by atoms with Crippen LogP contribution in [0.5, 0.6) is 0 Å². The minimum Gasteiger partial charge on any atom is -0.393 e. The summed E-state index contributed by atoms with van der Waals surface area (Å²) < 4.78 is 13.2. The highest BCUT2D eigenvalue weighted by Gasteiger charge is 2.69. The summed E-state index contributed by atoms with van der Waals surface area (Å²) in [4.78, 5) is 0. The summed E-state index contributed by atoms with van der Waals surface area (Å²) in [6, 6.07) is 0. The molecule has 6 aliphatic rings. The lowest BCUT2D eigenvalue weighted by Gasteiger charge is -2.61. The molecule has 0 radical (unpaired) electrons. The molecular formula is C27H44O3. The number of hydrogen-bond donors (Lipinski definition) is 1. The average molecular weight is 417 g/mol. The summed E-state index contributed by atoms with van der Waals surface area (Å²) in [5.74, 6) is 4.37. The average Bonchev–Trinajstić information content (AvgIpc) is 3.15. The molecule has 4 saturated carbocycles. The monoisotopic (exact) mass is 416 g/mol. The molecule has 3 heteroatoms. The van der Waals surface area contributed by atoms with Crippen molar-refractivity contribution >= 4 is 0 Å². The van der Waals surface area contributed by atoms with Crippen molar-refractivity contribution in [1.82, 2.24) is 0 Å². The van der Waals surface area contributed by atoms with Crippen molar-refractivity contribution in [2.45, 2.75) is 110 Å². The number of ether oxygens (including phenoxy) is 2. The number of fused-ring (bicyclic) bond motifs is 7. The van der Waals surface area contributed by atoms with E-state index in [9.17, 15) is 5.11 Å². The molecule has 4 aliphatic carbocycles. The van der Waals surface area contributed by atoms with Gasteiger partial charge >= 0.3 is 0 Å². The molecule has 3 nitrogen and oxygen atoms in total. The molecule has 0 aromatic carbocycles. The standard InChI is InChI=1S/C27H44O3/c1-16-15-29-27(14-22(16)28)17(2)24-23(30-27)13-21-19-9-8-18-7-5-6-11-25(18,3)20(19)10-12-26(21,24)4/h16-24,28H,5-15H2,1-4H3/t16-,17-,18+,19+,20-,21-,22-,23-,24-,25-,26-,27+/m0/s1. The molecule has 0 aromatic heterocycles. The lowest BCUT2D eigenvalue weighted by atomic mass is 9.44.